The summed E-state index contributed by atoms with van der Waals surface area (Å²) in [6.07, 6.45) is 1.03. The Labute approximate surface area is 124 Å². The summed E-state index contributed by atoms with van der Waals surface area (Å²) < 4.78 is 0. The number of hydrogen-bond acceptors (Lipinski definition) is 3. The van der Waals surface area contributed by atoms with E-state index in [2.05, 4.69) is 60.2 Å². The summed E-state index contributed by atoms with van der Waals surface area (Å²) in [5, 5.41) is 2.39. The van der Waals surface area contributed by atoms with Gasteiger partial charge in [-0.2, -0.15) is 0 Å². The van der Waals surface area contributed by atoms with E-state index in [1.807, 2.05) is 12.1 Å². The maximum atomic E-state index is 5.91. The quantitative estimate of drug-likeness (QED) is 0.772. The molecule has 3 rings (SSSR count). The zero-order valence-corrected chi connectivity index (χ0v) is 12.4. The van der Waals surface area contributed by atoms with Gasteiger partial charge in [-0.1, -0.05) is 56.3 Å². The molecule has 3 aromatic rings. The fourth-order valence-corrected chi connectivity index (χ4v) is 2.53. The van der Waals surface area contributed by atoms with E-state index in [1.165, 1.54) is 10.8 Å². The van der Waals surface area contributed by atoms with Crippen molar-refractivity contribution in [3.63, 3.8) is 0 Å². The lowest BCUT2D eigenvalue weighted by atomic mass is 9.99. The first-order chi connectivity index (χ1) is 10.2. The van der Waals surface area contributed by atoms with E-state index < -0.39 is 0 Å². The van der Waals surface area contributed by atoms with E-state index in [9.17, 15) is 0 Å². The van der Waals surface area contributed by atoms with Crippen molar-refractivity contribution in [1.29, 1.82) is 0 Å². The van der Waals surface area contributed by atoms with Crippen molar-refractivity contribution in [3.05, 3.63) is 54.2 Å². The fourth-order valence-electron chi connectivity index (χ4n) is 2.53. The number of nitrogens with zero attached hydrogens (tertiary/aromatic N) is 2. The molecule has 0 bridgehead atoms. The molecule has 0 aliphatic carbocycles. The van der Waals surface area contributed by atoms with Crippen molar-refractivity contribution in [1.82, 2.24) is 9.97 Å². The standard InChI is InChI=1S/C18H19N3/c1-3-12(2)16-11-17(21-18(19)20-16)15-10-6-8-13-7-4-5-9-14(13)15/h4-12H,3H2,1-2H3,(H2,19,20,21). The minimum Gasteiger partial charge on any atom is -0.368 e. The van der Waals surface area contributed by atoms with Crippen LogP contribution >= 0.6 is 0 Å². The Bertz CT molecular complexity index is 775. The third kappa shape index (κ3) is 2.59. The lowest BCUT2D eigenvalue weighted by Gasteiger charge is -2.12. The van der Waals surface area contributed by atoms with Gasteiger partial charge >= 0.3 is 0 Å². The molecular formula is C18H19N3. The van der Waals surface area contributed by atoms with Gasteiger partial charge in [0.25, 0.3) is 0 Å². The fraction of sp³-hybridized carbons (Fsp3) is 0.222. The average molecular weight is 277 g/mol. The van der Waals surface area contributed by atoms with Crippen LogP contribution in [0.3, 0.4) is 0 Å². The summed E-state index contributed by atoms with van der Waals surface area (Å²) in [6, 6.07) is 16.6. The van der Waals surface area contributed by atoms with E-state index in [-0.39, 0.29) is 0 Å². The Morgan fingerprint density at radius 1 is 1.05 bits per heavy atom. The molecule has 0 amide bonds. The van der Waals surface area contributed by atoms with Gasteiger partial charge in [-0.25, -0.2) is 9.97 Å². The van der Waals surface area contributed by atoms with Gasteiger partial charge in [-0.05, 0) is 29.2 Å². The highest BCUT2D eigenvalue weighted by Gasteiger charge is 2.11. The second-order valence-electron chi connectivity index (χ2n) is 5.37. The average Bonchev–Trinajstić information content (AvgIpc) is 2.53. The first-order valence-corrected chi connectivity index (χ1v) is 7.31. The van der Waals surface area contributed by atoms with Crippen LogP contribution in [-0.2, 0) is 0 Å². The van der Waals surface area contributed by atoms with E-state index in [1.54, 1.807) is 0 Å². The summed E-state index contributed by atoms with van der Waals surface area (Å²) in [7, 11) is 0. The Morgan fingerprint density at radius 3 is 2.62 bits per heavy atom. The van der Waals surface area contributed by atoms with Gasteiger partial charge < -0.3 is 5.73 Å². The molecule has 0 aliphatic heterocycles. The predicted molar refractivity (Wildman–Crippen MR) is 88.1 cm³/mol. The highest BCUT2D eigenvalue weighted by molar-refractivity contribution is 5.95. The first-order valence-electron chi connectivity index (χ1n) is 7.31. The first kappa shape index (κ1) is 13.6. The number of nitrogens with two attached hydrogens (primary N) is 1. The van der Waals surface area contributed by atoms with Crippen LogP contribution in [-0.4, -0.2) is 9.97 Å². The zero-order chi connectivity index (χ0) is 14.8. The van der Waals surface area contributed by atoms with E-state index in [4.69, 9.17) is 5.73 Å². The number of rotatable bonds is 3. The molecule has 0 fully saturated rings. The summed E-state index contributed by atoms with van der Waals surface area (Å²) >= 11 is 0. The Kier molecular flexibility index (Phi) is 3.57. The van der Waals surface area contributed by atoms with Crippen LogP contribution in [0.1, 0.15) is 31.9 Å². The third-order valence-electron chi connectivity index (χ3n) is 3.95. The van der Waals surface area contributed by atoms with Crippen LogP contribution in [0.4, 0.5) is 5.95 Å². The van der Waals surface area contributed by atoms with E-state index in [0.29, 0.717) is 11.9 Å². The van der Waals surface area contributed by atoms with Crippen LogP contribution in [0.25, 0.3) is 22.0 Å². The molecule has 0 aliphatic rings. The minimum absolute atomic E-state index is 0.343. The number of anilines is 1. The van der Waals surface area contributed by atoms with Crippen LogP contribution in [0, 0.1) is 0 Å². The molecule has 2 aromatic carbocycles. The maximum absolute atomic E-state index is 5.91. The van der Waals surface area contributed by atoms with Crippen molar-refractivity contribution >= 4 is 16.7 Å². The van der Waals surface area contributed by atoms with Gasteiger partial charge in [-0.15, -0.1) is 0 Å². The van der Waals surface area contributed by atoms with Gasteiger partial charge in [0.1, 0.15) is 0 Å². The smallest absolute Gasteiger partial charge is 0.220 e. The maximum Gasteiger partial charge on any atom is 0.220 e. The highest BCUT2D eigenvalue weighted by Crippen LogP contribution is 2.29. The summed E-state index contributed by atoms with van der Waals surface area (Å²) in [5.74, 6) is 0.722. The Morgan fingerprint density at radius 2 is 1.81 bits per heavy atom. The van der Waals surface area contributed by atoms with Gasteiger partial charge in [0.15, 0.2) is 0 Å². The van der Waals surface area contributed by atoms with E-state index in [0.717, 1.165) is 23.4 Å². The van der Waals surface area contributed by atoms with Crippen molar-refractivity contribution in [2.45, 2.75) is 26.2 Å². The van der Waals surface area contributed by atoms with Crippen molar-refractivity contribution in [3.8, 4) is 11.3 Å². The Hall–Kier alpha value is -2.42. The largest absolute Gasteiger partial charge is 0.368 e. The number of aromatic nitrogens is 2. The Balaban J connectivity index is 2.21. The van der Waals surface area contributed by atoms with Gasteiger partial charge in [0.2, 0.25) is 5.95 Å². The summed E-state index contributed by atoms with van der Waals surface area (Å²) in [6.45, 7) is 4.31. The van der Waals surface area contributed by atoms with Crippen molar-refractivity contribution in [2.75, 3.05) is 5.73 Å². The summed E-state index contributed by atoms with van der Waals surface area (Å²) in [5.41, 5.74) is 8.92. The van der Waals surface area contributed by atoms with E-state index >= 15 is 0 Å². The molecule has 1 atom stereocenters. The van der Waals surface area contributed by atoms with Gasteiger partial charge in [0.05, 0.1) is 5.69 Å². The second-order valence-corrected chi connectivity index (χ2v) is 5.37. The van der Waals surface area contributed by atoms with Crippen LogP contribution in [0.2, 0.25) is 0 Å². The third-order valence-corrected chi connectivity index (χ3v) is 3.95. The van der Waals surface area contributed by atoms with Gasteiger partial charge in [-0.3, -0.25) is 0 Å². The molecule has 1 aromatic heterocycles. The van der Waals surface area contributed by atoms with Crippen LogP contribution in [0.15, 0.2) is 48.5 Å². The molecular weight excluding hydrogens is 258 g/mol. The lowest BCUT2D eigenvalue weighted by molar-refractivity contribution is 0.707. The molecule has 2 N–H and O–H groups in total. The number of nitrogen functional groups attached to an aromatic ring is 1. The van der Waals surface area contributed by atoms with Crippen molar-refractivity contribution in [2.24, 2.45) is 0 Å². The molecule has 3 nitrogen and oxygen atoms in total. The molecule has 3 heteroatoms. The second kappa shape index (κ2) is 5.52. The highest BCUT2D eigenvalue weighted by atomic mass is 15.0. The molecule has 0 radical (unpaired) electrons. The number of fused-ring (bicyclic) bond motifs is 1. The molecule has 106 valence electrons. The lowest BCUT2D eigenvalue weighted by Crippen LogP contribution is -2.03. The number of benzene rings is 2. The molecule has 0 saturated heterocycles. The minimum atomic E-state index is 0.343. The molecule has 0 spiro atoms. The monoisotopic (exact) mass is 277 g/mol. The SMILES string of the molecule is CCC(C)c1cc(-c2cccc3ccccc23)nc(N)n1. The normalized spacial score (nSPS) is 12.5. The molecule has 21 heavy (non-hydrogen) atoms. The number of hydrogen-bond donors (Lipinski definition) is 1. The molecule has 1 unspecified atom stereocenters. The van der Waals surface area contributed by atoms with Crippen molar-refractivity contribution < 1.29 is 0 Å². The predicted octanol–water partition coefficient (Wildman–Crippen LogP) is 4.39. The van der Waals surface area contributed by atoms with Gasteiger partial charge in [0, 0.05) is 11.3 Å². The van der Waals surface area contributed by atoms with Crippen LogP contribution in [0.5, 0.6) is 0 Å². The summed E-state index contributed by atoms with van der Waals surface area (Å²) in [4.78, 5) is 8.81. The topological polar surface area (TPSA) is 51.8 Å². The molecule has 0 saturated carbocycles. The molecule has 1 heterocycles. The zero-order valence-electron chi connectivity index (χ0n) is 12.4. The van der Waals surface area contributed by atoms with Crippen LogP contribution < -0.4 is 5.73 Å².